The van der Waals surface area contributed by atoms with Crippen molar-refractivity contribution in [3.05, 3.63) is 82.2 Å². The monoisotopic (exact) mass is 470 g/mol. The van der Waals surface area contributed by atoms with E-state index in [0.717, 1.165) is 52.2 Å². The van der Waals surface area contributed by atoms with E-state index in [9.17, 15) is 23.1 Å². The predicted molar refractivity (Wildman–Crippen MR) is 128 cm³/mol. The second kappa shape index (κ2) is 9.87. The number of aromatic carboxylic acids is 1. The molecule has 0 spiro atoms. The molecule has 0 fully saturated rings. The van der Waals surface area contributed by atoms with Crippen molar-refractivity contribution in [3.63, 3.8) is 0 Å². The van der Waals surface area contributed by atoms with Crippen molar-refractivity contribution >= 4 is 11.7 Å². The van der Waals surface area contributed by atoms with Crippen LogP contribution in [-0.4, -0.2) is 16.1 Å². The number of halogens is 3. The van der Waals surface area contributed by atoms with Crippen molar-refractivity contribution in [2.24, 2.45) is 5.92 Å². The third kappa shape index (κ3) is 5.76. The van der Waals surface area contributed by atoms with Crippen LogP contribution in [0.5, 0.6) is 0 Å². The second-order valence-electron chi connectivity index (χ2n) is 9.06. The lowest BCUT2D eigenvalue weighted by Gasteiger charge is -2.23. The Morgan fingerprint density at radius 2 is 1.59 bits per heavy atom. The summed E-state index contributed by atoms with van der Waals surface area (Å²) in [6, 6.07) is 12.4. The van der Waals surface area contributed by atoms with Gasteiger partial charge in [0.25, 0.3) is 0 Å². The Morgan fingerprint density at radius 1 is 1.00 bits per heavy atom. The highest BCUT2D eigenvalue weighted by Gasteiger charge is 2.30. The summed E-state index contributed by atoms with van der Waals surface area (Å²) >= 11 is 0. The highest BCUT2D eigenvalue weighted by atomic mass is 19.4. The first-order valence-electron chi connectivity index (χ1n) is 11.1. The number of pyridine rings is 1. The number of aromatic nitrogens is 1. The van der Waals surface area contributed by atoms with Crippen LogP contribution in [0, 0.1) is 26.7 Å². The highest BCUT2D eigenvalue weighted by molar-refractivity contribution is 5.88. The number of nitrogens with zero attached hydrogens (tertiary/aromatic N) is 1. The fourth-order valence-corrected chi connectivity index (χ4v) is 4.25. The van der Waals surface area contributed by atoms with Crippen molar-refractivity contribution in [2.45, 2.75) is 53.3 Å². The van der Waals surface area contributed by atoms with Crippen molar-refractivity contribution in [1.29, 1.82) is 0 Å². The van der Waals surface area contributed by atoms with Gasteiger partial charge in [0, 0.05) is 5.69 Å². The van der Waals surface area contributed by atoms with E-state index < -0.39 is 17.7 Å². The van der Waals surface area contributed by atoms with Crippen molar-refractivity contribution in [2.75, 3.05) is 5.32 Å². The number of nitrogens with one attached hydrogen (secondary N) is 1. The molecule has 0 amide bonds. The zero-order valence-electron chi connectivity index (χ0n) is 19.9. The van der Waals surface area contributed by atoms with Crippen LogP contribution in [0.15, 0.2) is 48.5 Å². The van der Waals surface area contributed by atoms with Gasteiger partial charge in [-0.1, -0.05) is 26.0 Å². The molecule has 2 N–H and O–H groups in total. The Kier molecular flexibility index (Phi) is 7.34. The molecule has 3 aromatic rings. The van der Waals surface area contributed by atoms with E-state index in [1.807, 2.05) is 26.0 Å². The lowest BCUT2D eigenvalue weighted by atomic mass is 9.93. The van der Waals surface area contributed by atoms with Crippen LogP contribution in [0.1, 0.15) is 64.7 Å². The van der Waals surface area contributed by atoms with Gasteiger partial charge in [-0.25, -0.2) is 4.79 Å². The van der Waals surface area contributed by atoms with Gasteiger partial charge in [-0.2, -0.15) is 13.2 Å². The molecule has 1 aromatic heterocycles. The number of rotatable bonds is 7. The first-order chi connectivity index (χ1) is 15.9. The first-order valence-corrected chi connectivity index (χ1v) is 11.1. The quantitative estimate of drug-likeness (QED) is 0.373. The van der Waals surface area contributed by atoms with E-state index in [-0.39, 0.29) is 11.6 Å². The standard InChI is InChI=1S/C27H29F3N2O2/c1-15(2)12-24(23-11-10-22(26(33)34)18(5)31-23)32-21-13-16(3)25(17(4)14-21)19-6-8-20(9-7-19)27(28,29)30/h6-11,13-15,24,32H,12H2,1-5H3,(H,33,34). The average molecular weight is 471 g/mol. The second-order valence-corrected chi connectivity index (χ2v) is 9.06. The van der Waals surface area contributed by atoms with E-state index in [4.69, 9.17) is 0 Å². The SMILES string of the molecule is Cc1cc(NC(CC(C)C)c2ccc(C(=O)O)c(C)n2)cc(C)c1-c1ccc(C(F)(F)F)cc1. The summed E-state index contributed by atoms with van der Waals surface area (Å²) in [7, 11) is 0. The molecule has 3 rings (SSSR count). The minimum Gasteiger partial charge on any atom is -0.478 e. The van der Waals surface area contributed by atoms with Crippen LogP contribution >= 0.6 is 0 Å². The number of aryl methyl sites for hydroxylation is 3. The lowest BCUT2D eigenvalue weighted by Crippen LogP contribution is -2.16. The predicted octanol–water partition coefficient (Wildman–Crippen LogP) is 7.59. The normalized spacial score (nSPS) is 12.6. The summed E-state index contributed by atoms with van der Waals surface area (Å²) in [4.78, 5) is 15.9. The molecule has 0 saturated heterocycles. The fraction of sp³-hybridized carbons (Fsp3) is 0.333. The Morgan fingerprint density at radius 3 is 2.06 bits per heavy atom. The van der Waals surface area contributed by atoms with E-state index in [0.29, 0.717) is 11.6 Å². The zero-order chi connectivity index (χ0) is 25.2. The van der Waals surface area contributed by atoms with E-state index in [1.165, 1.54) is 12.1 Å². The number of hydrogen-bond acceptors (Lipinski definition) is 3. The lowest BCUT2D eigenvalue weighted by molar-refractivity contribution is -0.137. The zero-order valence-corrected chi connectivity index (χ0v) is 19.9. The molecule has 0 aliphatic rings. The molecule has 1 heterocycles. The molecule has 4 nitrogen and oxygen atoms in total. The number of alkyl halides is 3. The average Bonchev–Trinajstić information content (AvgIpc) is 2.72. The molecule has 2 aromatic carbocycles. The molecule has 7 heteroatoms. The third-order valence-corrected chi connectivity index (χ3v) is 5.78. The maximum Gasteiger partial charge on any atom is 0.416 e. The summed E-state index contributed by atoms with van der Waals surface area (Å²) < 4.78 is 38.8. The summed E-state index contributed by atoms with van der Waals surface area (Å²) in [5, 5.41) is 12.8. The summed E-state index contributed by atoms with van der Waals surface area (Å²) in [5.41, 5.74) is 5.13. The number of carbonyl (C=O) groups is 1. The number of carboxylic acid groups (broad SMARTS) is 1. The molecule has 0 aliphatic carbocycles. The van der Waals surface area contributed by atoms with Crippen LogP contribution in [0.3, 0.4) is 0 Å². The highest BCUT2D eigenvalue weighted by Crippen LogP contribution is 2.35. The summed E-state index contributed by atoms with van der Waals surface area (Å²) in [6.45, 7) is 9.78. The van der Waals surface area contributed by atoms with E-state index in [1.54, 1.807) is 19.1 Å². The van der Waals surface area contributed by atoms with Gasteiger partial charge in [0.05, 0.1) is 28.6 Å². The largest absolute Gasteiger partial charge is 0.478 e. The van der Waals surface area contributed by atoms with Gasteiger partial charge >= 0.3 is 12.1 Å². The number of hydrogen-bond donors (Lipinski definition) is 2. The summed E-state index contributed by atoms with van der Waals surface area (Å²) in [5.74, 6) is -0.637. The Hall–Kier alpha value is -3.35. The molecular formula is C27H29F3N2O2. The van der Waals surface area contributed by atoms with Gasteiger partial charge in [0.2, 0.25) is 0 Å². The Balaban J connectivity index is 1.93. The fourth-order valence-electron chi connectivity index (χ4n) is 4.25. The maximum absolute atomic E-state index is 12.9. The number of carboxylic acids is 1. The van der Waals surface area contributed by atoms with Crippen molar-refractivity contribution < 1.29 is 23.1 Å². The number of anilines is 1. The summed E-state index contributed by atoms with van der Waals surface area (Å²) in [6.07, 6.45) is -3.57. The third-order valence-electron chi connectivity index (χ3n) is 5.78. The molecule has 34 heavy (non-hydrogen) atoms. The van der Waals surface area contributed by atoms with Gasteiger partial charge in [-0.15, -0.1) is 0 Å². The first kappa shape index (κ1) is 25.3. The maximum atomic E-state index is 12.9. The molecule has 0 aliphatic heterocycles. The van der Waals surface area contributed by atoms with E-state index >= 15 is 0 Å². The molecule has 180 valence electrons. The molecular weight excluding hydrogens is 441 g/mol. The minimum absolute atomic E-state index is 0.128. The minimum atomic E-state index is -4.36. The molecule has 0 bridgehead atoms. The Labute approximate surface area is 197 Å². The smallest absolute Gasteiger partial charge is 0.416 e. The van der Waals surface area contributed by atoms with Gasteiger partial charge in [-0.05, 0) is 91.8 Å². The molecule has 1 unspecified atom stereocenters. The molecule has 1 atom stereocenters. The van der Waals surface area contributed by atoms with Gasteiger partial charge < -0.3 is 10.4 Å². The van der Waals surface area contributed by atoms with E-state index in [2.05, 4.69) is 24.1 Å². The molecule has 0 saturated carbocycles. The van der Waals surface area contributed by atoms with Crippen molar-refractivity contribution in [1.82, 2.24) is 4.98 Å². The topological polar surface area (TPSA) is 62.2 Å². The van der Waals surface area contributed by atoms with Crippen LogP contribution in [0.4, 0.5) is 18.9 Å². The van der Waals surface area contributed by atoms with Crippen LogP contribution in [-0.2, 0) is 6.18 Å². The van der Waals surface area contributed by atoms with Crippen LogP contribution in [0.2, 0.25) is 0 Å². The van der Waals surface area contributed by atoms with Crippen molar-refractivity contribution in [3.8, 4) is 11.1 Å². The van der Waals surface area contributed by atoms with Crippen LogP contribution in [0.25, 0.3) is 11.1 Å². The Bertz CT molecular complexity index is 1160. The van der Waals surface area contributed by atoms with Gasteiger partial charge in [0.1, 0.15) is 0 Å². The van der Waals surface area contributed by atoms with Gasteiger partial charge in [0.15, 0.2) is 0 Å². The number of benzene rings is 2. The molecule has 0 radical (unpaired) electrons. The van der Waals surface area contributed by atoms with Crippen LogP contribution < -0.4 is 5.32 Å². The van der Waals surface area contributed by atoms with Gasteiger partial charge in [-0.3, -0.25) is 4.98 Å².